The molecule has 3 aromatic carbocycles. The number of fused-ring (bicyclic) bond motifs is 4. The minimum atomic E-state index is -0.536. The van der Waals surface area contributed by atoms with Crippen LogP contribution in [-0.4, -0.2) is 50.9 Å². The molecule has 44 heavy (non-hydrogen) atoms. The maximum atomic E-state index is 13.4. The summed E-state index contributed by atoms with van der Waals surface area (Å²) in [5, 5.41) is 4.71. The summed E-state index contributed by atoms with van der Waals surface area (Å²) in [5.41, 5.74) is 1.78. The van der Waals surface area contributed by atoms with Gasteiger partial charge in [-0.25, -0.2) is 9.78 Å². The van der Waals surface area contributed by atoms with Gasteiger partial charge in [0.2, 0.25) is 0 Å². The van der Waals surface area contributed by atoms with Crippen molar-refractivity contribution in [1.82, 2.24) is 14.9 Å². The lowest BCUT2D eigenvalue weighted by atomic mass is 9.78. The molecule has 8 heteroatoms. The highest BCUT2D eigenvalue weighted by Crippen LogP contribution is 2.46. The quantitative estimate of drug-likeness (QED) is 0.193. The van der Waals surface area contributed by atoms with Crippen molar-refractivity contribution < 1.29 is 18.8 Å². The molecule has 1 aromatic heterocycles. The SMILES string of the molecule is CC(C)(C)OC(=O)N1[C@H](c2ncc(-c3ccc4c(ccc5cc(B6OC(C)(C)C(C)(C)O6)ccc54)c3)[nH]2)C[C@@H]2CCCC[C@@H]21. The van der Waals surface area contributed by atoms with Crippen molar-refractivity contribution in [3.8, 4) is 11.3 Å². The van der Waals surface area contributed by atoms with Gasteiger partial charge < -0.3 is 19.0 Å². The monoisotopic (exact) mass is 593 g/mol. The number of H-pyrrole nitrogens is 1. The van der Waals surface area contributed by atoms with E-state index in [1.807, 2.05) is 31.9 Å². The summed E-state index contributed by atoms with van der Waals surface area (Å²) in [5.74, 6) is 1.34. The van der Waals surface area contributed by atoms with Crippen LogP contribution in [-0.2, 0) is 14.0 Å². The highest BCUT2D eigenvalue weighted by molar-refractivity contribution is 6.62. The smallest absolute Gasteiger partial charge is 0.444 e. The van der Waals surface area contributed by atoms with Crippen LogP contribution in [0.15, 0.2) is 54.7 Å². The number of amides is 1. The van der Waals surface area contributed by atoms with E-state index in [0.717, 1.165) is 59.0 Å². The second-order valence-corrected chi connectivity index (χ2v) is 15.0. The third-order valence-corrected chi connectivity index (χ3v) is 10.3. The molecule has 0 unspecified atom stereocenters. The van der Waals surface area contributed by atoms with E-state index >= 15 is 0 Å². The molecular weight excluding hydrogens is 549 g/mol. The number of aromatic amines is 1. The van der Waals surface area contributed by atoms with Gasteiger partial charge in [-0.05, 0) is 107 Å². The molecule has 3 aliphatic rings. The van der Waals surface area contributed by atoms with Crippen LogP contribution >= 0.6 is 0 Å². The Morgan fingerprint density at radius 1 is 0.955 bits per heavy atom. The number of aromatic nitrogens is 2. The molecule has 7 nitrogen and oxygen atoms in total. The predicted octanol–water partition coefficient (Wildman–Crippen LogP) is 7.92. The van der Waals surface area contributed by atoms with E-state index in [0.29, 0.717) is 5.92 Å². The van der Waals surface area contributed by atoms with Crippen LogP contribution in [0, 0.1) is 5.92 Å². The van der Waals surface area contributed by atoms with Gasteiger partial charge in [0, 0.05) is 11.6 Å². The van der Waals surface area contributed by atoms with Crippen LogP contribution in [0.3, 0.4) is 0 Å². The van der Waals surface area contributed by atoms with E-state index in [9.17, 15) is 4.79 Å². The fraction of sp³-hybridized carbons (Fsp3) is 0.500. The minimum absolute atomic E-state index is 0.103. The Morgan fingerprint density at radius 2 is 1.61 bits per heavy atom. The third kappa shape index (κ3) is 5.10. The zero-order valence-corrected chi connectivity index (χ0v) is 27.1. The van der Waals surface area contributed by atoms with E-state index in [1.54, 1.807) is 0 Å². The van der Waals surface area contributed by atoms with Crippen LogP contribution in [0.2, 0.25) is 0 Å². The average molecular weight is 594 g/mol. The van der Waals surface area contributed by atoms with Gasteiger partial charge in [-0.2, -0.15) is 0 Å². The molecule has 1 amide bonds. The average Bonchev–Trinajstić information content (AvgIpc) is 3.65. The van der Waals surface area contributed by atoms with E-state index in [-0.39, 0.29) is 36.5 Å². The molecule has 1 aliphatic carbocycles. The molecule has 4 aromatic rings. The van der Waals surface area contributed by atoms with E-state index in [1.165, 1.54) is 17.2 Å². The fourth-order valence-electron chi connectivity index (χ4n) is 7.32. The Morgan fingerprint density at radius 3 is 2.32 bits per heavy atom. The van der Waals surface area contributed by atoms with Crippen LogP contribution in [0.1, 0.15) is 92.4 Å². The summed E-state index contributed by atoms with van der Waals surface area (Å²) >= 11 is 0. The molecule has 0 bridgehead atoms. The summed E-state index contributed by atoms with van der Waals surface area (Å²) in [7, 11) is -0.382. The zero-order valence-electron chi connectivity index (χ0n) is 27.1. The summed E-state index contributed by atoms with van der Waals surface area (Å²) in [6.07, 6.45) is 7.18. The first-order valence-corrected chi connectivity index (χ1v) is 16.2. The maximum Gasteiger partial charge on any atom is 0.494 e. The largest absolute Gasteiger partial charge is 0.494 e. The summed E-state index contributed by atoms with van der Waals surface area (Å²) in [6, 6.07) is 17.5. The Kier molecular flexibility index (Phi) is 6.90. The molecule has 3 fully saturated rings. The topological polar surface area (TPSA) is 76.7 Å². The van der Waals surface area contributed by atoms with Crippen LogP contribution in [0.4, 0.5) is 4.79 Å². The number of hydrogen-bond donors (Lipinski definition) is 1. The van der Waals surface area contributed by atoms with Gasteiger partial charge in [-0.15, -0.1) is 0 Å². The number of hydrogen-bond acceptors (Lipinski definition) is 5. The van der Waals surface area contributed by atoms with Crippen molar-refractivity contribution in [2.75, 3.05) is 0 Å². The van der Waals surface area contributed by atoms with Crippen molar-refractivity contribution in [2.24, 2.45) is 5.92 Å². The van der Waals surface area contributed by atoms with Gasteiger partial charge in [0.15, 0.2) is 0 Å². The highest BCUT2D eigenvalue weighted by Gasteiger charge is 2.52. The standard InChI is InChI=1S/C36H44BN3O4/c1-34(2,3)42-33(41)40-30-11-9-8-10-25(30)20-31(40)32-38-21-29(39-32)24-14-16-27-22(18-24)12-13-23-19-26(15-17-28(23)27)37-43-35(4,5)36(6,7)44-37/h12-19,21,25,30-31H,8-11,20H2,1-7H3,(H,38,39)/t25-,30-,31-/m0/s1. The number of likely N-dealkylation sites (tertiary alicyclic amines) is 1. The molecule has 3 atom stereocenters. The first kappa shape index (κ1) is 29.4. The molecule has 1 saturated carbocycles. The Hall–Kier alpha value is -3.36. The van der Waals surface area contributed by atoms with E-state index in [4.69, 9.17) is 19.0 Å². The second kappa shape index (κ2) is 10.3. The van der Waals surface area contributed by atoms with Gasteiger partial charge in [0.25, 0.3) is 0 Å². The normalized spacial score (nSPS) is 24.7. The lowest BCUT2D eigenvalue weighted by Crippen LogP contribution is -2.43. The number of benzene rings is 3. The van der Waals surface area contributed by atoms with Crippen molar-refractivity contribution >= 4 is 40.2 Å². The van der Waals surface area contributed by atoms with Crippen molar-refractivity contribution in [3.63, 3.8) is 0 Å². The van der Waals surface area contributed by atoms with Crippen LogP contribution in [0.5, 0.6) is 0 Å². The molecule has 3 heterocycles. The fourth-order valence-corrected chi connectivity index (χ4v) is 7.32. The Labute approximate surface area is 260 Å². The highest BCUT2D eigenvalue weighted by atomic mass is 16.7. The third-order valence-electron chi connectivity index (χ3n) is 10.3. The van der Waals surface area contributed by atoms with Gasteiger partial charge in [0.05, 0.1) is 29.1 Å². The maximum absolute atomic E-state index is 13.4. The number of nitrogens with zero attached hydrogens (tertiary/aromatic N) is 2. The minimum Gasteiger partial charge on any atom is -0.444 e. The van der Waals surface area contributed by atoms with E-state index in [2.05, 4.69) is 81.2 Å². The summed E-state index contributed by atoms with van der Waals surface area (Å²) < 4.78 is 18.5. The van der Waals surface area contributed by atoms with Gasteiger partial charge in [-0.1, -0.05) is 55.3 Å². The molecule has 2 aliphatic heterocycles. The summed E-state index contributed by atoms with van der Waals surface area (Å²) in [4.78, 5) is 23.8. The Balaban J connectivity index is 1.16. The lowest BCUT2D eigenvalue weighted by molar-refractivity contribution is 0.00578. The number of ether oxygens (including phenoxy) is 1. The number of carbonyl (C=O) groups is 1. The van der Waals surface area contributed by atoms with Gasteiger partial charge in [-0.3, -0.25) is 4.90 Å². The second-order valence-electron chi connectivity index (χ2n) is 15.0. The first-order valence-electron chi connectivity index (χ1n) is 16.2. The summed E-state index contributed by atoms with van der Waals surface area (Å²) in [6.45, 7) is 14.1. The van der Waals surface area contributed by atoms with Crippen LogP contribution < -0.4 is 5.46 Å². The molecule has 2 saturated heterocycles. The molecule has 1 N–H and O–H groups in total. The van der Waals surface area contributed by atoms with Crippen molar-refractivity contribution in [2.45, 2.75) is 109 Å². The van der Waals surface area contributed by atoms with Crippen molar-refractivity contribution in [3.05, 3.63) is 60.6 Å². The lowest BCUT2D eigenvalue weighted by Gasteiger charge is -2.34. The van der Waals surface area contributed by atoms with Gasteiger partial charge >= 0.3 is 13.2 Å². The van der Waals surface area contributed by atoms with Gasteiger partial charge in [0.1, 0.15) is 11.4 Å². The number of carbonyl (C=O) groups excluding carboxylic acids is 1. The first-order chi connectivity index (χ1) is 20.8. The predicted molar refractivity (Wildman–Crippen MR) is 176 cm³/mol. The Bertz CT molecular complexity index is 1720. The number of imidazole rings is 1. The van der Waals surface area contributed by atoms with Crippen molar-refractivity contribution in [1.29, 1.82) is 0 Å². The molecule has 0 radical (unpaired) electrons. The molecular formula is C36H44BN3O4. The van der Waals surface area contributed by atoms with E-state index < -0.39 is 5.60 Å². The van der Waals surface area contributed by atoms with Crippen LogP contribution in [0.25, 0.3) is 32.8 Å². The number of rotatable bonds is 3. The molecule has 0 spiro atoms. The zero-order chi connectivity index (χ0) is 31.0. The molecule has 7 rings (SSSR count). The number of nitrogens with one attached hydrogen (secondary N) is 1. The molecule has 230 valence electrons.